The van der Waals surface area contributed by atoms with Crippen molar-refractivity contribution in [1.29, 1.82) is 5.26 Å². The zero-order valence-electron chi connectivity index (χ0n) is 17.2. The summed E-state index contributed by atoms with van der Waals surface area (Å²) in [6, 6.07) is 14.8. The molecule has 1 heterocycles. The molecule has 1 aliphatic heterocycles. The third kappa shape index (κ3) is 4.31. The molecule has 4 rings (SSSR count). The van der Waals surface area contributed by atoms with Crippen molar-refractivity contribution in [2.45, 2.75) is 51.1 Å². The molecular weight excluding hydrogens is 363 g/mol. The van der Waals surface area contributed by atoms with Crippen molar-refractivity contribution < 1.29 is 9.13 Å². The lowest BCUT2D eigenvalue weighted by atomic mass is 9.93. The second-order valence-electron chi connectivity index (χ2n) is 8.35. The fourth-order valence-electron chi connectivity index (χ4n) is 4.65. The van der Waals surface area contributed by atoms with Gasteiger partial charge in [-0.2, -0.15) is 5.26 Å². The van der Waals surface area contributed by atoms with Gasteiger partial charge in [-0.15, -0.1) is 0 Å². The fourth-order valence-corrected chi connectivity index (χ4v) is 4.65. The number of nitriles is 1. The summed E-state index contributed by atoms with van der Waals surface area (Å²) in [5.74, 6) is 0.948. The Balaban J connectivity index is 1.35. The second kappa shape index (κ2) is 8.55. The Bertz CT molecular complexity index is 910. The van der Waals surface area contributed by atoms with Gasteiger partial charge >= 0.3 is 0 Å². The third-order valence-electron chi connectivity index (χ3n) is 6.45. The van der Waals surface area contributed by atoms with Crippen molar-refractivity contribution in [2.75, 3.05) is 26.2 Å². The molecular formula is C25H29FN2O. The summed E-state index contributed by atoms with van der Waals surface area (Å²) in [5.41, 5.74) is 5.18. The molecule has 4 heteroatoms. The van der Waals surface area contributed by atoms with Crippen LogP contribution in [0.1, 0.15) is 42.4 Å². The molecule has 2 aliphatic rings. The predicted molar refractivity (Wildman–Crippen MR) is 114 cm³/mol. The molecule has 3 nitrogen and oxygen atoms in total. The molecule has 1 fully saturated rings. The van der Waals surface area contributed by atoms with Gasteiger partial charge in [0.1, 0.15) is 11.8 Å². The molecule has 152 valence electrons. The molecule has 2 aromatic rings. The first kappa shape index (κ1) is 19.9. The van der Waals surface area contributed by atoms with Crippen LogP contribution in [0.5, 0.6) is 5.75 Å². The summed E-state index contributed by atoms with van der Waals surface area (Å²) in [4.78, 5) is 2.23. The highest BCUT2D eigenvalue weighted by Crippen LogP contribution is 2.36. The maximum atomic E-state index is 14.0. The van der Waals surface area contributed by atoms with Crippen LogP contribution in [-0.2, 0) is 12.8 Å². The minimum absolute atomic E-state index is 0.312. The van der Waals surface area contributed by atoms with E-state index in [1.165, 1.54) is 40.7 Å². The number of aryl methyl sites for hydroxylation is 1. The van der Waals surface area contributed by atoms with Crippen molar-refractivity contribution >= 4 is 0 Å². The summed E-state index contributed by atoms with van der Waals surface area (Å²) in [6.07, 6.45) is 5.12. The van der Waals surface area contributed by atoms with Gasteiger partial charge in [0.25, 0.3) is 0 Å². The summed E-state index contributed by atoms with van der Waals surface area (Å²) in [5, 5.41) is 8.90. The molecule has 2 aromatic carbocycles. The van der Waals surface area contributed by atoms with Crippen LogP contribution in [0.3, 0.4) is 0 Å². The van der Waals surface area contributed by atoms with Gasteiger partial charge in [0.05, 0.1) is 6.61 Å². The van der Waals surface area contributed by atoms with Crippen LogP contribution in [0.4, 0.5) is 4.39 Å². The molecule has 0 spiro atoms. The predicted octanol–water partition coefficient (Wildman–Crippen LogP) is 5.25. The van der Waals surface area contributed by atoms with Crippen LogP contribution in [0.25, 0.3) is 11.1 Å². The zero-order chi connectivity index (χ0) is 20.3. The first-order valence-electron chi connectivity index (χ1n) is 10.8. The fraction of sp³-hybridized carbons (Fsp3) is 0.480. The van der Waals surface area contributed by atoms with E-state index >= 15 is 0 Å². The van der Waals surface area contributed by atoms with Crippen LogP contribution >= 0.6 is 0 Å². The lowest BCUT2D eigenvalue weighted by molar-refractivity contribution is 0.0988. The van der Waals surface area contributed by atoms with E-state index in [4.69, 9.17) is 10.00 Å². The van der Waals surface area contributed by atoms with Crippen molar-refractivity contribution in [3.63, 3.8) is 0 Å². The molecule has 0 aromatic heterocycles. The highest BCUT2D eigenvalue weighted by Gasteiger charge is 2.34. The minimum atomic E-state index is -1.62. The molecule has 0 unspecified atom stereocenters. The zero-order valence-corrected chi connectivity index (χ0v) is 17.2. The summed E-state index contributed by atoms with van der Waals surface area (Å²) < 4.78 is 20.1. The number of nitrogens with zero attached hydrogens (tertiary/aromatic N) is 2. The summed E-state index contributed by atoms with van der Waals surface area (Å²) >= 11 is 0. The normalized spacial score (nSPS) is 18.2. The number of ether oxygens (including phenoxy) is 1. The number of hydrogen-bond acceptors (Lipinski definition) is 3. The van der Waals surface area contributed by atoms with Gasteiger partial charge in [0.2, 0.25) is 0 Å². The maximum Gasteiger partial charge on any atom is 0.198 e. The largest absolute Gasteiger partial charge is 0.493 e. The SMILES string of the molecule is Cc1c(OCCCN2CCC(F)(C#N)CC2)cccc1-c1cccc2c1CCC2. The van der Waals surface area contributed by atoms with Crippen LogP contribution in [0.2, 0.25) is 0 Å². The number of rotatable bonds is 6. The highest BCUT2D eigenvalue weighted by atomic mass is 19.1. The first-order valence-corrected chi connectivity index (χ1v) is 10.8. The van der Waals surface area contributed by atoms with Crippen molar-refractivity contribution in [2.24, 2.45) is 0 Å². The van der Waals surface area contributed by atoms with E-state index in [0.29, 0.717) is 32.5 Å². The van der Waals surface area contributed by atoms with E-state index in [9.17, 15) is 4.39 Å². The lowest BCUT2D eigenvalue weighted by Crippen LogP contribution is -2.41. The smallest absolute Gasteiger partial charge is 0.198 e. The molecule has 0 amide bonds. The number of piperidine rings is 1. The van der Waals surface area contributed by atoms with Gasteiger partial charge in [-0.25, -0.2) is 4.39 Å². The molecule has 0 radical (unpaired) electrons. The monoisotopic (exact) mass is 392 g/mol. The van der Waals surface area contributed by atoms with Gasteiger partial charge in [0, 0.05) is 32.5 Å². The third-order valence-corrected chi connectivity index (χ3v) is 6.45. The molecule has 1 saturated heterocycles. The number of hydrogen-bond donors (Lipinski definition) is 0. The summed E-state index contributed by atoms with van der Waals surface area (Å²) in [6.45, 7) is 4.97. The van der Waals surface area contributed by atoms with E-state index in [-0.39, 0.29) is 0 Å². The van der Waals surface area contributed by atoms with Gasteiger partial charge < -0.3 is 9.64 Å². The minimum Gasteiger partial charge on any atom is -0.493 e. The average molecular weight is 393 g/mol. The van der Waals surface area contributed by atoms with E-state index in [1.54, 1.807) is 0 Å². The number of alkyl halides is 1. The quantitative estimate of drug-likeness (QED) is 0.630. The first-order chi connectivity index (χ1) is 14.1. The Morgan fingerprint density at radius 1 is 1.10 bits per heavy atom. The number of halogens is 1. The Hall–Kier alpha value is -2.38. The molecule has 1 aliphatic carbocycles. The number of benzene rings is 2. The van der Waals surface area contributed by atoms with Gasteiger partial charge in [-0.3, -0.25) is 0 Å². The van der Waals surface area contributed by atoms with Crippen LogP contribution in [0, 0.1) is 18.3 Å². The molecule has 29 heavy (non-hydrogen) atoms. The van der Waals surface area contributed by atoms with Crippen molar-refractivity contribution in [3.05, 3.63) is 53.1 Å². The molecule has 0 atom stereocenters. The standard InChI is InChI=1S/C25H29FN2O/c1-19-21(23-10-3-7-20-6-2-9-22(20)23)8-4-11-24(19)29-17-5-14-28-15-12-25(26,18-27)13-16-28/h3-4,7-8,10-11H,2,5-6,9,12-17H2,1H3. The lowest BCUT2D eigenvalue weighted by Gasteiger charge is -2.32. The highest BCUT2D eigenvalue weighted by molar-refractivity contribution is 5.74. The second-order valence-corrected chi connectivity index (χ2v) is 8.35. The number of likely N-dealkylation sites (tertiary alicyclic amines) is 1. The Morgan fingerprint density at radius 3 is 2.66 bits per heavy atom. The van der Waals surface area contributed by atoms with Crippen molar-refractivity contribution in [3.8, 4) is 22.9 Å². The van der Waals surface area contributed by atoms with E-state index in [1.807, 2.05) is 12.1 Å². The van der Waals surface area contributed by atoms with Crippen LogP contribution < -0.4 is 4.74 Å². The Kier molecular flexibility index (Phi) is 5.87. The van der Waals surface area contributed by atoms with Crippen LogP contribution in [-0.4, -0.2) is 36.8 Å². The topological polar surface area (TPSA) is 36.3 Å². The Labute approximate surface area is 173 Å². The van der Waals surface area contributed by atoms with E-state index in [2.05, 4.69) is 42.2 Å². The van der Waals surface area contributed by atoms with E-state index in [0.717, 1.165) is 25.1 Å². The average Bonchev–Trinajstić information content (AvgIpc) is 3.23. The summed E-state index contributed by atoms with van der Waals surface area (Å²) in [7, 11) is 0. The van der Waals surface area contributed by atoms with Gasteiger partial charge in [-0.1, -0.05) is 30.3 Å². The maximum absolute atomic E-state index is 14.0. The molecule has 0 N–H and O–H groups in total. The van der Waals surface area contributed by atoms with Crippen LogP contribution in [0.15, 0.2) is 36.4 Å². The number of fused-ring (bicyclic) bond motifs is 1. The van der Waals surface area contributed by atoms with Crippen molar-refractivity contribution in [1.82, 2.24) is 4.90 Å². The van der Waals surface area contributed by atoms with Gasteiger partial charge in [0.15, 0.2) is 5.67 Å². The Morgan fingerprint density at radius 2 is 1.86 bits per heavy atom. The van der Waals surface area contributed by atoms with Gasteiger partial charge in [-0.05, 0) is 66.5 Å². The molecule has 0 saturated carbocycles. The molecule has 0 bridgehead atoms. The van der Waals surface area contributed by atoms with E-state index < -0.39 is 5.67 Å².